The molecule has 1 aliphatic carbocycles. The van der Waals surface area contributed by atoms with E-state index in [0.717, 1.165) is 40.3 Å². The molecule has 0 saturated carbocycles. The number of rotatable bonds is 7. The molecule has 0 amide bonds. The second kappa shape index (κ2) is 9.41. The molecule has 0 aromatic heterocycles. The Morgan fingerprint density at radius 1 is 1.25 bits per heavy atom. The molecule has 0 bridgehead atoms. The molecular weight excluding hydrogens is 484 g/mol. The molecule has 174 valence electrons. The van der Waals surface area contributed by atoms with E-state index in [1.165, 1.54) is 0 Å². The van der Waals surface area contributed by atoms with Gasteiger partial charge in [-0.15, -0.1) is 0 Å². The zero-order valence-electron chi connectivity index (χ0n) is 19.9. The summed E-state index contributed by atoms with van der Waals surface area (Å²) in [6.45, 7) is 13.8. The van der Waals surface area contributed by atoms with Crippen molar-refractivity contribution in [3.8, 4) is 5.75 Å². The zero-order chi connectivity index (χ0) is 23.8. The molecule has 0 aliphatic heterocycles. The SMILES string of the molecule is C[C@@H]1Cc2cc(Br)cc(C=O)c2[C@H]1C(O)c1cc(CCO[Si](C)(C)C(C)(C)C)ccc1O. The average Bonchev–Trinajstić information content (AvgIpc) is 3.02. The van der Waals surface area contributed by atoms with Gasteiger partial charge in [-0.05, 0) is 77.8 Å². The van der Waals surface area contributed by atoms with Gasteiger partial charge in [-0.3, -0.25) is 4.79 Å². The predicted octanol–water partition coefficient (Wildman–Crippen LogP) is 6.54. The van der Waals surface area contributed by atoms with Crippen molar-refractivity contribution in [3.63, 3.8) is 0 Å². The molecule has 3 atom stereocenters. The van der Waals surface area contributed by atoms with Crippen LogP contribution in [0.3, 0.4) is 0 Å². The number of phenols is 1. The van der Waals surface area contributed by atoms with Crippen molar-refractivity contribution >= 4 is 30.5 Å². The summed E-state index contributed by atoms with van der Waals surface area (Å²) in [4.78, 5) is 11.8. The van der Waals surface area contributed by atoms with Gasteiger partial charge < -0.3 is 14.6 Å². The maximum atomic E-state index is 11.8. The summed E-state index contributed by atoms with van der Waals surface area (Å²) < 4.78 is 7.17. The largest absolute Gasteiger partial charge is 0.508 e. The van der Waals surface area contributed by atoms with Gasteiger partial charge in [0.2, 0.25) is 0 Å². The van der Waals surface area contributed by atoms with Gasteiger partial charge in [0, 0.05) is 28.1 Å². The van der Waals surface area contributed by atoms with E-state index >= 15 is 0 Å². The maximum Gasteiger partial charge on any atom is 0.191 e. The van der Waals surface area contributed by atoms with Crippen LogP contribution < -0.4 is 0 Å². The fourth-order valence-electron chi connectivity index (χ4n) is 4.43. The first-order valence-electron chi connectivity index (χ1n) is 11.3. The molecule has 2 aromatic rings. The minimum atomic E-state index is -1.83. The van der Waals surface area contributed by atoms with E-state index in [2.05, 4.69) is 56.7 Å². The second-order valence-electron chi connectivity index (χ2n) is 10.6. The minimum Gasteiger partial charge on any atom is -0.508 e. The molecule has 1 aliphatic rings. The number of aliphatic hydroxyl groups is 1. The Morgan fingerprint density at radius 3 is 2.56 bits per heavy atom. The highest BCUT2D eigenvalue weighted by molar-refractivity contribution is 9.10. The van der Waals surface area contributed by atoms with E-state index in [1.807, 2.05) is 18.2 Å². The van der Waals surface area contributed by atoms with E-state index in [1.54, 1.807) is 12.1 Å². The van der Waals surface area contributed by atoms with Crippen LogP contribution in [0.2, 0.25) is 18.1 Å². The van der Waals surface area contributed by atoms with Gasteiger partial charge in [0.15, 0.2) is 8.32 Å². The molecule has 0 spiro atoms. The van der Waals surface area contributed by atoms with Crippen LogP contribution in [0.15, 0.2) is 34.8 Å². The molecule has 6 heteroatoms. The number of carbonyl (C=O) groups is 1. The van der Waals surface area contributed by atoms with Gasteiger partial charge in [0.25, 0.3) is 0 Å². The van der Waals surface area contributed by atoms with Crippen LogP contribution in [-0.2, 0) is 17.3 Å². The summed E-state index contributed by atoms with van der Waals surface area (Å²) >= 11 is 3.48. The first-order valence-corrected chi connectivity index (χ1v) is 15.0. The van der Waals surface area contributed by atoms with E-state index in [9.17, 15) is 15.0 Å². The summed E-state index contributed by atoms with van der Waals surface area (Å²) in [5, 5.41) is 22.1. The van der Waals surface area contributed by atoms with Crippen LogP contribution in [0.5, 0.6) is 5.75 Å². The van der Waals surface area contributed by atoms with Crippen molar-refractivity contribution in [2.45, 2.75) is 70.7 Å². The molecule has 0 heterocycles. The van der Waals surface area contributed by atoms with Gasteiger partial charge in [-0.1, -0.05) is 49.7 Å². The van der Waals surface area contributed by atoms with Gasteiger partial charge in [-0.25, -0.2) is 0 Å². The van der Waals surface area contributed by atoms with Gasteiger partial charge in [-0.2, -0.15) is 0 Å². The number of benzene rings is 2. The van der Waals surface area contributed by atoms with Crippen LogP contribution in [0.25, 0.3) is 0 Å². The van der Waals surface area contributed by atoms with Crippen LogP contribution >= 0.6 is 15.9 Å². The predicted molar refractivity (Wildman–Crippen MR) is 135 cm³/mol. The van der Waals surface area contributed by atoms with Crippen molar-refractivity contribution < 1.29 is 19.4 Å². The number of hydrogen-bond acceptors (Lipinski definition) is 4. The Balaban J connectivity index is 1.85. The van der Waals surface area contributed by atoms with Crippen LogP contribution in [0.4, 0.5) is 0 Å². The summed E-state index contributed by atoms with van der Waals surface area (Å²) in [7, 11) is -1.83. The summed E-state index contributed by atoms with van der Waals surface area (Å²) in [6.07, 6.45) is 1.47. The summed E-state index contributed by atoms with van der Waals surface area (Å²) in [5.74, 6) is -0.0158. The Labute approximate surface area is 201 Å². The smallest absolute Gasteiger partial charge is 0.191 e. The Morgan fingerprint density at radius 2 is 1.94 bits per heavy atom. The quantitative estimate of drug-likeness (QED) is 0.322. The number of aliphatic hydroxyl groups excluding tert-OH is 1. The molecule has 2 N–H and O–H groups in total. The fraction of sp³-hybridized carbons (Fsp3) is 0.500. The standard InChI is InChI=1S/C26H35BrO4Si/c1-16-11-18-13-20(27)14-19(15-28)24(18)23(16)25(30)21-12-17(7-8-22(21)29)9-10-31-32(5,6)26(2,3)4/h7-8,12-16,23,25,29-30H,9-11H2,1-6H3/t16-,23+,25?/m1/s1. The van der Waals surface area contributed by atoms with Crippen molar-refractivity contribution in [2.75, 3.05) is 6.61 Å². The van der Waals surface area contributed by atoms with Crippen LogP contribution in [0, 0.1) is 5.92 Å². The number of carbonyl (C=O) groups excluding carboxylic acids is 1. The number of fused-ring (bicyclic) bond motifs is 1. The first-order chi connectivity index (χ1) is 14.9. The molecule has 32 heavy (non-hydrogen) atoms. The second-order valence-corrected chi connectivity index (χ2v) is 16.3. The van der Waals surface area contributed by atoms with Crippen LogP contribution in [-0.4, -0.2) is 31.4 Å². The molecule has 2 aromatic carbocycles. The van der Waals surface area contributed by atoms with Crippen molar-refractivity contribution in [1.82, 2.24) is 0 Å². The third-order valence-electron chi connectivity index (χ3n) is 7.29. The van der Waals surface area contributed by atoms with Crippen molar-refractivity contribution in [2.24, 2.45) is 5.92 Å². The maximum absolute atomic E-state index is 11.8. The molecule has 0 fully saturated rings. The van der Waals surface area contributed by atoms with E-state index in [0.29, 0.717) is 17.7 Å². The first kappa shape index (κ1) is 25.2. The molecule has 0 saturated heterocycles. The highest BCUT2D eigenvalue weighted by Crippen LogP contribution is 2.49. The van der Waals surface area contributed by atoms with Crippen molar-refractivity contribution in [3.05, 3.63) is 62.6 Å². The van der Waals surface area contributed by atoms with Gasteiger partial charge >= 0.3 is 0 Å². The normalized spacial score (nSPS) is 19.6. The third-order valence-corrected chi connectivity index (χ3v) is 12.3. The lowest BCUT2D eigenvalue weighted by molar-refractivity contribution is 0.111. The lowest BCUT2D eigenvalue weighted by Gasteiger charge is -2.36. The molecule has 0 radical (unpaired) electrons. The monoisotopic (exact) mass is 518 g/mol. The van der Waals surface area contributed by atoms with Gasteiger partial charge in [0.1, 0.15) is 12.0 Å². The van der Waals surface area contributed by atoms with E-state index in [4.69, 9.17) is 4.43 Å². The Kier molecular flexibility index (Phi) is 7.40. The fourth-order valence-corrected chi connectivity index (χ4v) is 6.00. The molecule has 3 rings (SSSR count). The summed E-state index contributed by atoms with van der Waals surface area (Å²) in [6, 6.07) is 9.26. The van der Waals surface area contributed by atoms with Crippen LogP contribution in [0.1, 0.15) is 72.3 Å². The highest BCUT2D eigenvalue weighted by atomic mass is 79.9. The van der Waals surface area contributed by atoms with Crippen molar-refractivity contribution in [1.29, 1.82) is 0 Å². The van der Waals surface area contributed by atoms with E-state index in [-0.39, 0.29) is 22.6 Å². The minimum absolute atomic E-state index is 0.0805. The Hall–Kier alpha value is -1.47. The lowest BCUT2D eigenvalue weighted by atomic mass is 9.83. The Bertz CT molecular complexity index is 996. The number of halogens is 1. The number of hydrogen-bond donors (Lipinski definition) is 2. The summed E-state index contributed by atoms with van der Waals surface area (Å²) in [5.41, 5.74) is 4.11. The third kappa shape index (κ3) is 5.03. The molecule has 4 nitrogen and oxygen atoms in total. The van der Waals surface area contributed by atoms with E-state index < -0.39 is 14.4 Å². The van der Waals surface area contributed by atoms with Gasteiger partial charge in [0.05, 0.1) is 6.10 Å². The molecular formula is C26H35BrO4Si. The highest BCUT2D eigenvalue weighted by Gasteiger charge is 2.39. The zero-order valence-corrected chi connectivity index (χ0v) is 22.5. The number of phenolic OH excluding ortho intramolecular Hbond substituents is 1. The lowest BCUT2D eigenvalue weighted by Crippen LogP contribution is -2.41. The average molecular weight is 520 g/mol. The number of aromatic hydroxyl groups is 1. The number of aldehydes is 1. The topological polar surface area (TPSA) is 66.8 Å². The molecule has 1 unspecified atom stereocenters.